The molecule has 1 aromatic rings. The summed E-state index contributed by atoms with van der Waals surface area (Å²) in [5.41, 5.74) is 0.590. The van der Waals surface area contributed by atoms with E-state index in [0.717, 1.165) is 9.80 Å². The van der Waals surface area contributed by atoms with Crippen LogP contribution in [0.3, 0.4) is 0 Å². The van der Waals surface area contributed by atoms with E-state index in [2.05, 4.69) is 15.9 Å². The van der Waals surface area contributed by atoms with Gasteiger partial charge < -0.3 is 4.74 Å². The van der Waals surface area contributed by atoms with Gasteiger partial charge in [0.15, 0.2) is 0 Å². The Morgan fingerprint density at radius 1 is 1.10 bits per heavy atom. The van der Waals surface area contributed by atoms with Crippen LogP contribution in [0.1, 0.15) is 5.56 Å². The molecule has 0 atom stereocenters. The molecule has 1 aliphatic heterocycles. The molecule has 0 saturated carbocycles. The second-order valence-electron chi connectivity index (χ2n) is 4.46. The van der Waals surface area contributed by atoms with Crippen molar-refractivity contribution in [2.24, 2.45) is 0 Å². The molecule has 0 bridgehead atoms. The summed E-state index contributed by atoms with van der Waals surface area (Å²) in [5.74, 6) is -0.590. The zero-order chi connectivity index (χ0) is 15.7. The number of imide groups is 2. The van der Waals surface area contributed by atoms with Crippen LogP contribution in [0.15, 0.2) is 28.2 Å². The lowest BCUT2D eigenvalue weighted by atomic mass is 10.1. The van der Waals surface area contributed by atoms with E-state index in [1.54, 1.807) is 25.3 Å². The fourth-order valence-corrected chi connectivity index (χ4v) is 2.47. The third-order valence-electron chi connectivity index (χ3n) is 3.13. The maximum absolute atomic E-state index is 12.1. The number of benzene rings is 1. The molecule has 0 unspecified atom stereocenters. The molecule has 7 heteroatoms. The summed E-state index contributed by atoms with van der Waals surface area (Å²) >= 11 is 3.34. The van der Waals surface area contributed by atoms with E-state index >= 15 is 0 Å². The Morgan fingerprint density at radius 2 is 1.67 bits per heavy atom. The molecular formula is C14H13BrN2O4. The number of carbonyl (C=O) groups is 3. The molecule has 1 aliphatic rings. The number of rotatable bonds is 2. The number of halogens is 1. The van der Waals surface area contributed by atoms with Crippen molar-refractivity contribution >= 4 is 39.9 Å². The first kappa shape index (κ1) is 15.2. The van der Waals surface area contributed by atoms with Crippen molar-refractivity contribution < 1.29 is 19.1 Å². The topological polar surface area (TPSA) is 66.9 Å². The van der Waals surface area contributed by atoms with Crippen LogP contribution in [0.25, 0.3) is 6.08 Å². The fraction of sp³-hybridized carbons (Fsp3) is 0.214. The quantitative estimate of drug-likeness (QED) is 0.602. The minimum atomic E-state index is -0.641. The van der Waals surface area contributed by atoms with E-state index in [1.807, 2.05) is 0 Å². The van der Waals surface area contributed by atoms with E-state index in [-0.39, 0.29) is 5.57 Å². The van der Waals surface area contributed by atoms with Gasteiger partial charge in [-0.3, -0.25) is 19.4 Å². The molecule has 1 heterocycles. The summed E-state index contributed by atoms with van der Waals surface area (Å²) in [6.07, 6.45) is 1.45. The molecule has 1 saturated heterocycles. The van der Waals surface area contributed by atoms with E-state index in [4.69, 9.17) is 4.74 Å². The zero-order valence-corrected chi connectivity index (χ0v) is 13.3. The van der Waals surface area contributed by atoms with Crippen LogP contribution in [0.5, 0.6) is 5.75 Å². The number of ether oxygens (including phenoxy) is 1. The van der Waals surface area contributed by atoms with Gasteiger partial charge in [-0.1, -0.05) is 6.07 Å². The Bertz CT molecular complexity index is 643. The van der Waals surface area contributed by atoms with Gasteiger partial charge in [0, 0.05) is 14.1 Å². The first-order valence-corrected chi connectivity index (χ1v) is 6.81. The highest BCUT2D eigenvalue weighted by atomic mass is 79.9. The summed E-state index contributed by atoms with van der Waals surface area (Å²) < 4.78 is 5.82. The molecule has 1 fully saturated rings. The Balaban J connectivity index is 2.44. The number of carbonyl (C=O) groups excluding carboxylic acids is 3. The second kappa shape index (κ2) is 5.69. The molecule has 4 amide bonds. The zero-order valence-electron chi connectivity index (χ0n) is 11.7. The maximum Gasteiger partial charge on any atom is 0.333 e. The SMILES string of the molecule is COc1ccc(C=C2C(=O)N(C)C(=O)N(C)C2=O)cc1Br. The molecular weight excluding hydrogens is 340 g/mol. The normalized spacial score (nSPS) is 15.6. The fourth-order valence-electron chi connectivity index (χ4n) is 1.91. The predicted octanol–water partition coefficient (Wildman–Crippen LogP) is 1.89. The number of nitrogens with zero attached hydrogens (tertiary/aromatic N) is 2. The Morgan fingerprint density at radius 3 is 2.14 bits per heavy atom. The molecule has 0 aliphatic carbocycles. The van der Waals surface area contributed by atoms with E-state index in [1.165, 1.54) is 20.2 Å². The van der Waals surface area contributed by atoms with Crippen LogP contribution in [-0.2, 0) is 9.59 Å². The van der Waals surface area contributed by atoms with Gasteiger partial charge in [-0.15, -0.1) is 0 Å². The summed E-state index contributed by atoms with van der Waals surface area (Å²) in [6.45, 7) is 0. The summed E-state index contributed by atoms with van der Waals surface area (Å²) in [5, 5.41) is 0. The van der Waals surface area contributed by atoms with Crippen molar-refractivity contribution in [1.29, 1.82) is 0 Å². The van der Waals surface area contributed by atoms with Crippen molar-refractivity contribution in [3.8, 4) is 5.75 Å². The standard InChI is InChI=1S/C14H13BrN2O4/c1-16-12(18)9(13(19)17(2)14(16)20)6-8-4-5-11(21-3)10(15)7-8/h4-7H,1-3H3. The van der Waals surface area contributed by atoms with Crippen LogP contribution in [0.2, 0.25) is 0 Å². The van der Waals surface area contributed by atoms with Gasteiger partial charge in [0.05, 0.1) is 11.6 Å². The van der Waals surface area contributed by atoms with Crippen molar-refractivity contribution in [1.82, 2.24) is 9.80 Å². The number of methoxy groups -OCH3 is 1. The predicted molar refractivity (Wildman–Crippen MR) is 79.6 cm³/mol. The van der Waals surface area contributed by atoms with Gasteiger partial charge >= 0.3 is 6.03 Å². The first-order chi connectivity index (χ1) is 9.86. The van der Waals surface area contributed by atoms with Gasteiger partial charge in [0.2, 0.25) is 0 Å². The largest absolute Gasteiger partial charge is 0.496 e. The number of barbiturate groups is 1. The van der Waals surface area contributed by atoms with Crippen molar-refractivity contribution in [3.05, 3.63) is 33.8 Å². The minimum Gasteiger partial charge on any atom is -0.496 e. The molecule has 6 nitrogen and oxygen atoms in total. The van der Waals surface area contributed by atoms with Gasteiger partial charge in [0.25, 0.3) is 11.8 Å². The highest BCUT2D eigenvalue weighted by Gasteiger charge is 2.37. The minimum absolute atomic E-state index is 0.0586. The molecule has 2 rings (SSSR count). The average Bonchev–Trinajstić information content (AvgIpc) is 2.48. The molecule has 0 N–H and O–H groups in total. The van der Waals surface area contributed by atoms with Gasteiger partial charge in [-0.25, -0.2) is 4.79 Å². The van der Waals surface area contributed by atoms with Crippen molar-refractivity contribution in [2.45, 2.75) is 0 Å². The number of urea groups is 1. The number of amides is 4. The van der Waals surface area contributed by atoms with Crippen LogP contribution in [0, 0.1) is 0 Å². The number of hydrogen-bond donors (Lipinski definition) is 0. The number of likely N-dealkylation sites (N-methyl/N-ethyl adjacent to an activating group) is 2. The lowest BCUT2D eigenvalue weighted by molar-refractivity contribution is -0.134. The smallest absolute Gasteiger partial charge is 0.333 e. The highest BCUT2D eigenvalue weighted by Crippen LogP contribution is 2.27. The van der Waals surface area contributed by atoms with Gasteiger partial charge in [-0.05, 0) is 39.7 Å². The molecule has 110 valence electrons. The van der Waals surface area contributed by atoms with E-state index < -0.39 is 17.8 Å². The number of hydrogen-bond acceptors (Lipinski definition) is 4. The highest BCUT2D eigenvalue weighted by molar-refractivity contribution is 9.10. The Hall–Kier alpha value is -2.15. The molecule has 1 aromatic carbocycles. The van der Waals surface area contributed by atoms with Crippen LogP contribution >= 0.6 is 15.9 Å². The van der Waals surface area contributed by atoms with Crippen LogP contribution in [0.4, 0.5) is 4.79 Å². The monoisotopic (exact) mass is 352 g/mol. The average molecular weight is 353 g/mol. The van der Waals surface area contributed by atoms with Crippen LogP contribution in [-0.4, -0.2) is 48.9 Å². The molecule has 0 radical (unpaired) electrons. The van der Waals surface area contributed by atoms with Crippen LogP contribution < -0.4 is 4.74 Å². The first-order valence-electron chi connectivity index (χ1n) is 6.02. The molecule has 21 heavy (non-hydrogen) atoms. The molecule has 0 aromatic heterocycles. The third-order valence-corrected chi connectivity index (χ3v) is 3.75. The summed E-state index contributed by atoms with van der Waals surface area (Å²) in [4.78, 5) is 37.6. The van der Waals surface area contributed by atoms with Gasteiger partial charge in [-0.2, -0.15) is 0 Å². The maximum atomic E-state index is 12.1. The Labute approximate surface area is 130 Å². The van der Waals surface area contributed by atoms with Crippen molar-refractivity contribution in [3.63, 3.8) is 0 Å². The lowest BCUT2D eigenvalue weighted by Gasteiger charge is -2.28. The van der Waals surface area contributed by atoms with E-state index in [9.17, 15) is 14.4 Å². The second-order valence-corrected chi connectivity index (χ2v) is 5.32. The summed E-state index contributed by atoms with van der Waals surface area (Å²) in [6, 6.07) is 4.52. The lowest BCUT2D eigenvalue weighted by Crippen LogP contribution is -2.52. The third kappa shape index (κ3) is 2.69. The molecule has 0 spiro atoms. The van der Waals surface area contributed by atoms with E-state index in [0.29, 0.717) is 15.8 Å². The van der Waals surface area contributed by atoms with Crippen molar-refractivity contribution in [2.75, 3.05) is 21.2 Å². The summed E-state index contributed by atoms with van der Waals surface area (Å²) in [7, 11) is 4.22. The Kier molecular flexibility index (Phi) is 4.13. The van der Waals surface area contributed by atoms with Gasteiger partial charge in [0.1, 0.15) is 11.3 Å².